The van der Waals surface area contributed by atoms with Crippen molar-refractivity contribution in [1.82, 2.24) is 0 Å². The number of aromatic hydroxyl groups is 2. The third-order valence-corrected chi connectivity index (χ3v) is 4.30. The Labute approximate surface area is 153 Å². The summed E-state index contributed by atoms with van der Waals surface area (Å²) in [7, 11) is 0. The van der Waals surface area contributed by atoms with Crippen molar-refractivity contribution in [1.29, 1.82) is 0 Å². The van der Waals surface area contributed by atoms with Crippen molar-refractivity contribution in [3.05, 3.63) is 59.2 Å². The Morgan fingerprint density at radius 3 is 2.69 bits per heavy atom. The molecule has 1 aromatic carbocycles. The number of phenols is 2. The first kappa shape index (κ1) is 19.5. The lowest BCUT2D eigenvalue weighted by Crippen LogP contribution is -2.02. The van der Waals surface area contributed by atoms with Crippen LogP contribution < -0.4 is 0 Å². The Morgan fingerprint density at radius 2 is 2.00 bits per heavy atom. The molecule has 0 aliphatic carbocycles. The SMILES string of the molecule is C=C(C)C(=O)CC/C(C)=C/CCC1=CC(c2cc(O)ccc2O)OC1=O. The fourth-order valence-corrected chi connectivity index (χ4v) is 2.68. The number of hydrogen-bond acceptors (Lipinski definition) is 5. The number of carbonyl (C=O) groups is 2. The number of carbonyl (C=O) groups excluding carboxylic acids is 2. The Hall–Kier alpha value is -2.82. The summed E-state index contributed by atoms with van der Waals surface area (Å²) < 4.78 is 5.28. The summed E-state index contributed by atoms with van der Waals surface area (Å²) in [5.41, 5.74) is 2.56. The molecule has 2 rings (SSSR count). The molecule has 5 nitrogen and oxygen atoms in total. The van der Waals surface area contributed by atoms with E-state index < -0.39 is 12.1 Å². The van der Waals surface area contributed by atoms with E-state index in [9.17, 15) is 19.8 Å². The predicted molar refractivity (Wildman–Crippen MR) is 98.7 cm³/mol. The lowest BCUT2D eigenvalue weighted by Gasteiger charge is -2.10. The first-order valence-electron chi connectivity index (χ1n) is 8.56. The van der Waals surface area contributed by atoms with Gasteiger partial charge >= 0.3 is 5.97 Å². The van der Waals surface area contributed by atoms with Gasteiger partial charge in [0.05, 0.1) is 0 Å². The molecule has 2 N–H and O–H groups in total. The van der Waals surface area contributed by atoms with Gasteiger partial charge in [-0.05, 0) is 63.0 Å². The van der Waals surface area contributed by atoms with Crippen LogP contribution in [0.1, 0.15) is 51.2 Å². The highest BCUT2D eigenvalue weighted by Gasteiger charge is 2.28. The van der Waals surface area contributed by atoms with Gasteiger partial charge < -0.3 is 14.9 Å². The molecule has 0 spiro atoms. The molecule has 5 heteroatoms. The summed E-state index contributed by atoms with van der Waals surface area (Å²) in [5.74, 6) is -0.385. The molecule has 1 aliphatic heterocycles. The van der Waals surface area contributed by atoms with Gasteiger partial charge in [-0.1, -0.05) is 18.2 Å². The van der Waals surface area contributed by atoms with E-state index >= 15 is 0 Å². The third-order valence-electron chi connectivity index (χ3n) is 4.30. The minimum Gasteiger partial charge on any atom is -0.508 e. The number of hydrogen-bond donors (Lipinski definition) is 2. The number of cyclic esters (lactones) is 1. The molecule has 1 aliphatic rings. The zero-order valence-corrected chi connectivity index (χ0v) is 15.1. The van der Waals surface area contributed by atoms with E-state index in [1.807, 2.05) is 13.0 Å². The normalized spacial score (nSPS) is 17.0. The molecule has 1 aromatic rings. The number of Topliss-reactive ketones (excluding diaryl/α,β-unsaturated/α-hetero) is 1. The molecule has 0 amide bonds. The zero-order valence-electron chi connectivity index (χ0n) is 15.1. The van der Waals surface area contributed by atoms with Crippen molar-refractivity contribution in [3.63, 3.8) is 0 Å². The highest BCUT2D eigenvalue weighted by molar-refractivity contribution is 5.94. The minimum absolute atomic E-state index is 0.00133. The highest BCUT2D eigenvalue weighted by Crippen LogP contribution is 2.36. The molecule has 1 heterocycles. The van der Waals surface area contributed by atoms with Gasteiger partial charge in [-0.2, -0.15) is 0 Å². The number of rotatable bonds is 8. The summed E-state index contributed by atoms with van der Waals surface area (Å²) in [6.07, 6.45) is 5.29. The fourth-order valence-electron chi connectivity index (χ4n) is 2.68. The standard InChI is InChI=1S/C21H24O5/c1-13(2)18(23)9-7-14(3)5-4-6-15-11-20(26-21(15)25)17-12-16(22)8-10-19(17)24/h5,8,10-12,20,22,24H,1,4,6-7,9H2,2-3H3/b14-5+. The summed E-state index contributed by atoms with van der Waals surface area (Å²) in [6.45, 7) is 7.31. The number of benzene rings is 1. The first-order chi connectivity index (χ1) is 12.3. The average molecular weight is 356 g/mol. The molecule has 138 valence electrons. The molecule has 0 bridgehead atoms. The van der Waals surface area contributed by atoms with Gasteiger partial charge in [-0.3, -0.25) is 4.79 Å². The Balaban J connectivity index is 1.94. The second kappa shape index (κ2) is 8.52. The smallest absolute Gasteiger partial charge is 0.334 e. The molecule has 1 unspecified atom stereocenters. The Bertz CT molecular complexity index is 786. The number of allylic oxidation sites excluding steroid dienone is 3. The number of ketones is 1. The zero-order chi connectivity index (χ0) is 19.3. The van der Waals surface area contributed by atoms with Gasteiger partial charge in [0.1, 0.15) is 17.6 Å². The van der Waals surface area contributed by atoms with Crippen molar-refractivity contribution < 1.29 is 24.5 Å². The van der Waals surface area contributed by atoms with Crippen molar-refractivity contribution in [2.24, 2.45) is 0 Å². The van der Waals surface area contributed by atoms with Crippen LogP contribution in [0.25, 0.3) is 0 Å². The van der Waals surface area contributed by atoms with Crippen LogP contribution in [0, 0.1) is 0 Å². The molecule has 0 saturated carbocycles. The number of phenolic OH excluding ortho intramolecular Hbond substituents is 2. The van der Waals surface area contributed by atoms with Crippen molar-refractivity contribution in [2.75, 3.05) is 0 Å². The van der Waals surface area contributed by atoms with Gasteiger partial charge in [0, 0.05) is 17.6 Å². The van der Waals surface area contributed by atoms with Crippen LogP contribution in [0.4, 0.5) is 0 Å². The number of esters is 1. The number of ether oxygens (including phenoxy) is 1. The third kappa shape index (κ3) is 5.09. The predicted octanol–water partition coefficient (Wildman–Crippen LogP) is 4.27. The molecular weight excluding hydrogens is 332 g/mol. The lowest BCUT2D eigenvalue weighted by atomic mass is 10.0. The van der Waals surface area contributed by atoms with E-state index in [1.54, 1.807) is 13.0 Å². The maximum absolute atomic E-state index is 12.0. The molecular formula is C21H24O5. The van der Waals surface area contributed by atoms with Gasteiger partial charge in [-0.25, -0.2) is 4.79 Å². The molecule has 0 aromatic heterocycles. The van der Waals surface area contributed by atoms with E-state index in [1.165, 1.54) is 18.2 Å². The second-order valence-electron chi connectivity index (χ2n) is 6.55. The Kier molecular flexibility index (Phi) is 6.39. The van der Waals surface area contributed by atoms with Crippen molar-refractivity contribution >= 4 is 11.8 Å². The van der Waals surface area contributed by atoms with Gasteiger partial charge in [-0.15, -0.1) is 0 Å². The quantitative estimate of drug-likeness (QED) is 0.314. The van der Waals surface area contributed by atoms with Crippen LogP contribution in [0.3, 0.4) is 0 Å². The minimum atomic E-state index is -0.692. The fraction of sp³-hybridized carbons (Fsp3) is 0.333. The van der Waals surface area contributed by atoms with Gasteiger partial charge in [0.2, 0.25) is 0 Å². The Morgan fingerprint density at radius 1 is 1.27 bits per heavy atom. The highest BCUT2D eigenvalue weighted by atomic mass is 16.5. The van der Waals surface area contributed by atoms with E-state index in [2.05, 4.69) is 6.58 Å². The first-order valence-corrected chi connectivity index (χ1v) is 8.56. The van der Waals surface area contributed by atoms with E-state index in [0.717, 1.165) is 5.57 Å². The van der Waals surface area contributed by atoms with E-state index in [4.69, 9.17) is 4.74 Å². The monoisotopic (exact) mass is 356 g/mol. The van der Waals surface area contributed by atoms with Crippen LogP contribution in [0.15, 0.2) is 53.6 Å². The van der Waals surface area contributed by atoms with Crippen LogP contribution in [-0.2, 0) is 14.3 Å². The van der Waals surface area contributed by atoms with Crippen LogP contribution >= 0.6 is 0 Å². The van der Waals surface area contributed by atoms with Gasteiger partial charge in [0.25, 0.3) is 0 Å². The maximum Gasteiger partial charge on any atom is 0.334 e. The van der Waals surface area contributed by atoms with Crippen molar-refractivity contribution in [2.45, 2.75) is 45.6 Å². The van der Waals surface area contributed by atoms with Crippen LogP contribution in [-0.4, -0.2) is 22.0 Å². The summed E-state index contributed by atoms with van der Waals surface area (Å²) in [5, 5.41) is 19.4. The molecule has 0 fully saturated rings. The topological polar surface area (TPSA) is 83.8 Å². The molecule has 0 radical (unpaired) electrons. The summed E-state index contributed by atoms with van der Waals surface area (Å²) in [4.78, 5) is 23.6. The molecule has 0 saturated heterocycles. The van der Waals surface area contributed by atoms with E-state index in [-0.39, 0.29) is 17.3 Å². The van der Waals surface area contributed by atoms with Crippen molar-refractivity contribution in [3.8, 4) is 11.5 Å². The average Bonchev–Trinajstić information content (AvgIpc) is 2.95. The van der Waals surface area contributed by atoms with Gasteiger partial charge in [0.15, 0.2) is 5.78 Å². The van der Waals surface area contributed by atoms with Crippen LogP contribution in [0.5, 0.6) is 11.5 Å². The summed E-state index contributed by atoms with van der Waals surface area (Å²) in [6, 6.07) is 4.12. The second-order valence-corrected chi connectivity index (χ2v) is 6.55. The molecule has 26 heavy (non-hydrogen) atoms. The lowest BCUT2D eigenvalue weighted by molar-refractivity contribution is -0.140. The van der Waals surface area contributed by atoms with E-state index in [0.29, 0.717) is 42.4 Å². The maximum atomic E-state index is 12.0. The summed E-state index contributed by atoms with van der Waals surface area (Å²) >= 11 is 0. The largest absolute Gasteiger partial charge is 0.508 e. The van der Waals surface area contributed by atoms with Crippen LogP contribution in [0.2, 0.25) is 0 Å². The molecule has 1 atom stereocenters.